The molecule has 0 aliphatic heterocycles. The van der Waals surface area contributed by atoms with Gasteiger partial charge in [-0.2, -0.15) is 0 Å². The van der Waals surface area contributed by atoms with E-state index in [9.17, 15) is 9.59 Å². The highest BCUT2D eigenvalue weighted by Crippen LogP contribution is 2.38. The Morgan fingerprint density at radius 2 is 1.70 bits per heavy atom. The smallest absolute Gasteiger partial charge is 0.331 e. The summed E-state index contributed by atoms with van der Waals surface area (Å²) in [7, 11) is 4.52. The fourth-order valence-electron chi connectivity index (χ4n) is 2.91. The van der Waals surface area contributed by atoms with Gasteiger partial charge in [0.25, 0.3) is 5.91 Å². The average molecular weight is 469 g/mol. The molecule has 9 heteroatoms. The normalized spacial score (nSPS) is 11.6. The van der Waals surface area contributed by atoms with Crippen LogP contribution in [0.15, 0.2) is 53.9 Å². The summed E-state index contributed by atoms with van der Waals surface area (Å²) in [5.74, 6) is 0.212. The zero-order valence-electron chi connectivity index (χ0n) is 18.7. The van der Waals surface area contributed by atoms with Crippen LogP contribution < -0.4 is 19.5 Å². The molecule has 1 unspecified atom stereocenters. The molecule has 2 aromatic carbocycles. The minimum atomic E-state index is -1.01. The molecule has 0 fully saturated rings. The molecule has 8 nitrogen and oxygen atoms in total. The minimum absolute atomic E-state index is 0.426. The van der Waals surface area contributed by atoms with Crippen LogP contribution >= 0.6 is 11.3 Å². The predicted octanol–water partition coefficient (Wildman–Crippen LogP) is 4.42. The van der Waals surface area contributed by atoms with Crippen molar-refractivity contribution in [2.45, 2.75) is 13.0 Å². The minimum Gasteiger partial charge on any atom is -0.493 e. The maximum absolute atomic E-state index is 12.4. The number of nitrogens with zero attached hydrogens (tertiary/aromatic N) is 1. The lowest BCUT2D eigenvalue weighted by Gasteiger charge is -2.13. The van der Waals surface area contributed by atoms with Crippen LogP contribution in [0.25, 0.3) is 17.3 Å². The molecule has 3 aromatic rings. The first-order valence-corrected chi connectivity index (χ1v) is 10.8. The molecule has 0 aliphatic carbocycles. The molecule has 1 amide bonds. The molecule has 1 heterocycles. The summed E-state index contributed by atoms with van der Waals surface area (Å²) in [5, 5.41) is 4.95. The molecule has 0 spiro atoms. The van der Waals surface area contributed by atoms with Crippen LogP contribution in [-0.2, 0) is 14.3 Å². The van der Waals surface area contributed by atoms with Crippen molar-refractivity contribution >= 4 is 34.4 Å². The van der Waals surface area contributed by atoms with E-state index in [2.05, 4.69) is 10.3 Å². The van der Waals surface area contributed by atoms with Crippen molar-refractivity contribution in [1.29, 1.82) is 0 Å². The number of hydrogen-bond acceptors (Lipinski definition) is 8. The zero-order valence-corrected chi connectivity index (χ0v) is 19.5. The fraction of sp³-hybridized carbons (Fsp3) is 0.208. The van der Waals surface area contributed by atoms with Crippen LogP contribution in [0.2, 0.25) is 0 Å². The molecular weight excluding hydrogens is 444 g/mol. The molecule has 0 saturated heterocycles. The molecule has 0 radical (unpaired) electrons. The first kappa shape index (κ1) is 23.8. The zero-order chi connectivity index (χ0) is 23.8. The third kappa shape index (κ3) is 6.11. The Morgan fingerprint density at radius 1 is 1.03 bits per heavy atom. The quantitative estimate of drug-likeness (QED) is 0.367. The lowest BCUT2D eigenvalue weighted by atomic mass is 10.1. The Balaban J connectivity index is 1.60. The van der Waals surface area contributed by atoms with Crippen molar-refractivity contribution in [3.05, 3.63) is 59.5 Å². The Morgan fingerprint density at radius 3 is 2.30 bits per heavy atom. The van der Waals surface area contributed by atoms with Crippen molar-refractivity contribution in [3.8, 4) is 28.5 Å². The van der Waals surface area contributed by atoms with Gasteiger partial charge in [-0.3, -0.25) is 10.1 Å². The van der Waals surface area contributed by atoms with E-state index >= 15 is 0 Å². The molecular formula is C24H24N2O6S. The Hall–Kier alpha value is -3.85. The number of benzene rings is 2. The number of rotatable bonds is 9. The molecule has 1 aromatic heterocycles. The highest BCUT2D eigenvalue weighted by molar-refractivity contribution is 7.14. The van der Waals surface area contributed by atoms with E-state index in [1.165, 1.54) is 51.7 Å². The summed E-state index contributed by atoms with van der Waals surface area (Å²) in [4.78, 5) is 29.0. The molecule has 0 saturated carbocycles. The SMILES string of the molecule is COc1cc(/C=C/C(=O)OC(C)C(=O)Nc2nc(-c3ccccc3)cs2)cc(OC)c1OC. The Kier molecular flexibility index (Phi) is 8.04. The van der Waals surface area contributed by atoms with E-state index in [1.807, 2.05) is 35.7 Å². The van der Waals surface area contributed by atoms with Crippen molar-refractivity contribution in [2.75, 3.05) is 26.6 Å². The Labute approximate surface area is 195 Å². The summed E-state index contributed by atoms with van der Waals surface area (Å²) >= 11 is 1.29. The summed E-state index contributed by atoms with van der Waals surface area (Å²) in [6.45, 7) is 1.49. The topological polar surface area (TPSA) is 96.0 Å². The van der Waals surface area contributed by atoms with Gasteiger partial charge in [0, 0.05) is 17.0 Å². The van der Waals surface area contributed by atoms with E-state index in [-0.39, 0.29) is 0 Å². The number of aromatic nitrogens is 1. The maximum Gasteiger partial charge on any atom is 0.331 e. The summed E-state index contributed by atoms with van der Waals surface area (Å²) in [5.41, 5.74) is 2.34. The fourth-order valence-corrected chi connectivity index (χ4v) is 3.63. The monoisotopic (exact) mass is 468 g/mol. The predicted molar refractivity (Wildman–Crippen MR) is 127 cm³/mol. The van der Waals surface area contributed by atoms with Gasteiger partial charge in [0.2, 0.25) is 5.75 Å². The van der Waals surface area contributed by atoms with Gasteiger partial charge in [0.15, 0.2) is 22.7 Å². The van der Waals surface area contributed by atoms with Crippen LogP contribution in [-0.4, -0.2) is 44.3 Å². The largest absolute Gasteiger partial charge is 0.493 e. The van der Waals surface area contributed by atoms with Crippen LogP contribution in [0.1, 0.15) is 12.5 Å². The molecule has 0 aliphatic rings. The van der Waals surface area contributed by atoms with Crippen molar-refractivity contribution in [2.24, 2.45) is 0 Å². The molecule has 0 bridgehead atoms. The molecule has 172 valence electrons. The number of esters is 1. The van der Waals surface area contributed by atoms with Crippen LogP contribution in [0.5, 0.6) is 17.2 Å². The summed E-state index contributed by atoms with van der Waals surface area (Å²) in [6.07, 6.45) is 1.75. The first-order chi connectivity index (χ1) is 15.9. The number of carbonyl (C=O) groups is 2. The van der Waals surface area contributed by atoms with E-state index in [0.717, 1.165) is 11.3 Å². The number of thiazole rings is 1. The number of methoxy groups -OCH3 is 3. The maximum atomic E-state index is 12.4. The number of hydrogen-bond donors (Lipinski definition) is 1. The number of nitrogens with one attached hydrogen (secondary N) is 1. The number of carbonyl (C=O) groups excluding carboxylic acids is 2. The van der Waals surface area contributed by atoms with Crippen molar-refractivity contribution in [1.82, 2.24) is 4.98 Å². The van der Waals surface area contributed by atoms with Crippen molar-refractivity contribution < 1.29 is 28.5 Å². The van der Waals surface area contributed by atoms with E-state index < -0.39 is 18.0 Å². The van der Waals surface area contributed by atoms with Crippen LogP contribution in [0.3, 0.4) is 0 Å². The number of ether oxygens (including phenoxy) is 4. The molecule has 1 atom stereocenters. The Bertz CT molecular complexity index is 1120. The van der Waals surface area contributed by atoms with Crippen LogP contribution in [0.4, 0.5) is 5.13 Å². The third-order valence-corrected chi connectivity index (χ3v) is 5.32. The van der Waals surface area contributed by atoms with Gasteiger partial charge in [-0.15, -0.1) is 11.3 Å². The lowest BCUT2D eigenvalue weighted by molar-refractivity contribution is -0.148. The second kappa shape index (κ2) is 11.1. The van der Waals surface area contributed by atoms with E-state index in [1.54, 1.807) is 12.1 Å². The highest BCUT2D eigenvalue weighted by Gasteiger charge is 2.18. The van der Waals surface area contributed by atoms with Gasteiger partial charge in [0.05, 0.1) is 27.0 Å². The van der Waals surface area contributed by atoms with Gasteiger partial charge in [0.1, 0.15) is 0 Å². The summed E-state index contributed by atoms with van der Waals surface area (Å²) < 4.78 is 21.1. The van der Waals surface area contributed by atoms with E-state index in [0.29, 0.717) is 27.9 Å². The van der Waals surface area contributed by atoms with Gasteiger partial charge >= 0.3 is 5.97 Å². The molecule has 33 heavy (non-hydrogen) atoms. The number of anilines is 1. The second-order valence-electron chi connectivity index (χ2n) is 6.76. The van der Waals surface area contributed by atoms with Crippen LogP contribution in [0, 0.1) is 0 Å². The number of amides is 1. The summed E-state index contributed by atoms with van der Waals surface area (Å²) in [6, 6.07) is 13.0. The average Bonchev–Trinajstić information content (AvgIpc) is 3.30. The third-order valence-electron chi connectivity index (χ3n) is 4.56. The van der Waals surface area contributed by atoms with Gasteiger partial charge in [-0.1, -0.05) is 30.3 Å². The van der Waals surface area contributed by atoms with Crippen molar-refractivity contribution in [3.63, 3.8) is 0 Å². The van der Waals surface area contributed by atoms with Gasteiger partial charge in [-0.05, 0) is 30.7 Å². The van der Waals surface area contributed by atoms with Gasteiger partial charge < -0.3 is 18.9 Å². The van der Waals surface area contributed by atoms with E-state index in [4.69, 9.17) is 18.9 Å². The highest BCUT2D eigenvalue weighted by atomic mass is 32.1. The molecule has 3 rings (SSSR count). The van der Waals surface area contributed by atoms with Gasteiger partial charge in [-0.25, -0.2) is 9.78 Å². The standard InChI is InChI=1S/C24H24N2O6S/c1-15(23(28)26-24-25-18(14-33-24)17-8-6-5-7-9-17)32-21(27)11-10-16-12-19(29-2)22(31-4)20(13-16)30-3/h5-15H,1-4H3,(H,25,26,28)/b11-10+. The molecule has 1 N–H and O–H groups in total. The second-order valence-corrected chi connectivity index (χ2v) is 7.62. The lowest BCUT2D eigenvalue weighted by Crippen LogP contribution is -2.29. The first-order valence-electron chi connectivity index (χ1n) is 9.95.